The first-order valence-corrected chi connectivity index (χ1v) is 6.90. The van der Waals surface area contributed by atoms with Gasteiger partial charge in [0.2, 0.25) is 10.0 Å². The highest BCUT2D eigenvalue weighted by molar-refractivity contribution is 7.89. The number of benzene rings is 1. The molecule has 2 aliphatic rings. The Hall–Kier alpha value is -1.58. The van der Waals surface area contributed by atoms with Gasteiger partial charge in [-0.25, -0.2) is 8.42 Å². The van der Waals surface area contributed by atoms with Crippen molar-refractivity contribution in [2.45, 2.75) is 23.8 Å². The summed E-state index contributed by atoms with van der Waals surface area (Å²) >= 11 is 0. The Balaban J connectivity index is 2.18. The van der Waals surface area contributed by atoms with Gasteiger partial charge in [-0.15, -0.1) is 0 Å². The topological polar surface area (TPSA) is 73.2 Å². The fourth-order valence-electron chi connectivity index (χ4n) is 2.07. The van der Waals surface area contributed by atoms with Gasteiger partial charge in [-0.3, -0.25) is 0 Å². The van der Waals surface area contributed by atoms with Gasteiger partial charge in [-0.2, -0.15) is 9.98 Å². The summed E-state index contributed by atoms with van der Waals surface area (Å²) in [6, 6.07) is 7.15. The van der Waals surface area contributed by atoms with Crippen LogP contribution in [0.3, 0.4) is 0 Å². The van der Waals surface area contributed by atoms with E-state index in [0.29, 0.717) is 24.0 Å². The lowest BCUT2D eigenvalue weighted by Gasteiger charge is -2.31. The molecule has 0 saturated heterocycles. The zero-order valence-corrected chi connectivity index (χ0v) is 9.87. The second-order valence-corrected chi connectivity index (χ2v) is 6.04. The maximum atomic E-state index is 11.8. The third kappa shape index (κ3) is 1.68. The van der Waals surface area contributed by atoms with Gasteiger partial charge < -0.3 is 4.90 Å². The van der Waals surface area contributed by atoms with E-state index >= 15 is 0 Å². The predicted molar refractivity (Wildman–Crippen MR) is 61.8 cm³/mol. The number of nitriles is 1. The average Bonchev–Trinajstić information content (AvgIpc) is 3.12. The first-order valence-electron chi connectivity index (χ1n) is 5.42. The van der Waals surface area contributed by atoms with Gasteiger partial charge in [0.25, 0.3) is 0 Å². The van der Waals surface area contributed by atoms with Crippen molar-refractivity contribution in [3.8, 4) is 6.07 Å². The van der Waals surface area contributed by atoms with Crippen LogP contribution in [0.5, 0.6) is 0 Å². The van der Waals surface area contributed by atoms with Crippen molar-refractivity contribution in [2.75, 3.05) is 11.6 Å². The number of nitrogens with zero attached hydrogens (tertiary/aromatic N) is 2. The summed E-state index contributed by atoms with van der Waals surface area (Å²) in [5, 5.41) is 8.88. The van der Waals surface area contributed by atoms with Crippen molar-refractivity contribution >= 4 is 15.7 Å². The summed E-state index contributed by atoms with van der Waals surface area (Å²) in [6.07, 6.45) is 2.16. The summed E-state index contributed by atoms with van der Waals surface area (Å²) in [5.41, 5.74) is 1.15. The molecule has 0 aromatic heterocycles. The molecule has 1 aliphatic heterocycles. The van der Waals surface area contributed by atoms with E-state index < -0.39 is 10.0 Å². The molecule has 3 rings (SSSR count). The van der Waals surface area contributed by atoms with Gasteiger partial charge in [0.05, 0.1) is 24.0 Å². The van der Waals surface area contributed by atoms with Crippen LogP contribution >= 0.6 is 0 Å². The van der Waals surface area contributed by atoms with Crippen LogP contribution in [0.15, 0.2) is 23.1 Å². The van der Waals surface area contributed by atoms with Gasteiger partial charge in [0, 0.05) is 6.04 Å². The summed E-state index contributed by atoms with van der Waals surface area (Å²) in [5.74, 6) is 0. The Morgan fingerprint density at radius 1 is 1.41 bits per heavy atom. The van der Waals surface area contributed by atoms with E-state index in [4.69, 9.17) is 5.26 Å². The Bertz CT molecular complexity index is 614. The van der Waals surface area contributed by atoms with Crippen LogP contribution in [0.2, 0.25) is 0 Å². The molecule has 0 bridgehead atoms. The maximum absolute atomic E-state index is 11.8. The predicted octanol–water partition coefficient (Wildman–Crippen LogP) is 0.776. The molecule has 1 aromatic rings. The van der Waals surface area contributed by atoms with Crippen LogP contribution in [0.1, 0.15) is 18.4 Å². The molecule has 1 fully saturated rings. The van der Waals surface area contributed by atoms with E-state index in [-0.39, 0.29) is 4.90 Å². The fraction of sp³-hybridized carbons (Fsp3) is 0.364. The highest BCUT2D eigenvalue weighted by atomic mass is 32.2. The zero-order chi connectivity index (χ0) is 12.0. The minimum Gasteiger partial charge on any atom is -0.354 e. The van der Waals surface area contributed by atoms with Crippen molar-refractivity contribution in [3.63, 3.8) is 0 Å². The van der Waals surface area contributed by atoms with Crippen LogP contribution in [0.25, 0.3) is 0 Å². The second-order valence-electron chi connectivity index (χ2n) is 4.30. The molecular formula is C11H11N3O2S. The summed E-state index contributed by atoms with van der Waals surface area (Å²) in [7, 11) is -3.41. The number of anilines is 1. The molecule has 0 radical (unpaired) electrons. The third-order valence-electron chi connectivity index (χ3n) is 3.10. The van der Waals surface area contributed by atoms with Crippen LogP contribution in [-0.4, -0.2) is 21.1 Å². The monoisotopic (exact) mass is 249 g/mol. The standard InChI is InChI=1S/C11H11N3O2S/c12-6-8-1-4-11-10(5-8)14(9-2-3-9)7-13-17(11,15)16/h1,4-5,9,13H,2-3,7H2. The molecule has 1 aliphatic carbocycles. The minimum atomic E-state index is -3.41. The largest absolute Gasteiger partial charge is 0.354 e. The van der Waals surface area contributed by atoms with Crippen molar-refractivity contribution in [2.24, 2.45) is 0 Å². The molecule has 1 heterocycles. The van der Waals surface area contributed by atoms with Crippen molar-refractivity contribution in [1.29, 1.82) is 5.26 Å². The third-order valence-corrected chi connectivity index (χ3v) is 4.53. The molecular weight excluding hydrogens is 238 g/mol. The molecule has 0 unspecified atom stereocenters. The Kier molecular flexibility index (Phi) is 2.15. The maximum Gasteiger partial charge on any atom is 0.244 e. The molecule has 17 heavy (non-hydrogen) atoms. The zero-order valence-electron chi connectivity index (χ0n) is 9.05. The highest BCUT2D eigenvalue weighted by Crippen LogP contribution is 2.37. The lowest BCUT2D eigenvalue weighted by atomic mass is 10.2. The molecule has 1 N–H and O–H groups in total. The molecule has 1 saturated carbocycles. The summed E-state index contributed by atoms with van der Waals surface area (Å²) < 4.78 is 26.2. The number of rotatable bonds is 1. The first-order chi connectivity index (χ1) is 8.12. The Labute approximate surface area is 99.7 Å². The lowest BCUT2D eigenvalue weighted by Crippen LogP contribution is -2.44. The minimum absolute atomic E-state index is 0.273. The normalized spacial score (nSPS) is 21.7. The van der Waals surface area contributed by atoms with Crippen molar-refractivity contribution in [1.82, 2.24) is 4.72 Å². The first kappa shape index (κ1) is 10.6. The molecule has 6 heteroatoms. The van der Waals surface area contributed by atoms with Crippen molar-refractivity contribution in [3.05, 3.63) is 23.8 Å². The SMILES string of the molecule is N#Cc1ccc2c(c1)N(C1CC1)CNS2(=O)=O. The van der Waals surface area contributed by atoms with E-state index in [9.17, 15) is 8.42 Å². The molecule has 0 amide bonds. The van der Waals surface area contributed by atoms with Crippen LogP contribution in [0.4, 0.5) is 5.69 Å². The van der Waals surface area contributed by atoms with Crippen LogP contribution in [-0.2, 0) is 10.0 Å². The quantitative estimate of drug-likeness (QED) is 0.798. The molecule has 0 atom stereocenters. The van der Waals surface area contributed by atoms with Gasteiger partial charge in [0.1, 0.15) is 4.90 Å². The number of hydrogen-bond donors (Lipinski definition) is 1. The Morgan fingerprint density at radius 3 is 2.82 bits per heavy atom. The smallest absolute Gasteiger partial charge is 0.244 e. The highest BCUT2D eigenvalue weighted by Gasteiger charge is 2.36. The van der Waals surface area contributed by atoms with E-state index in [0.717, 1.165) is 12.8 Å². The Morgan fingerprint density at radius 2 is 2.18 bits per heavy atom. The van der Waals surface area contributed by atoms with Crippen molar-refractivity contribution < 1.29 is 8.42 Å². The van der Waals surface area contributed by atoms with E-state index in [1.54, 1.807) is 6.07 Å². The molecule has 0 spiro atoms. The van der Waals surface area contributed by atoms with Gasteiger partial charge >= 0.3 is 0 Å². The van der Waals surface area contributed by atoms with E-state index in [2.05, 4.69) is 4.72 Å². The average molecular weight is 249 g/mol. The van der Waals surface area contributed by atoms with E-state index in [1.807, 2.05) is 11.0 Å². The van der Waals surface area contributed by atoms with Crippen LogP contribution in [0, 0.1) is 11.3 Å². The second kappa shape index (κ2) is 3.45. The van der Waals surface area contributed by atoms with Gasteiger partial charge in [-0.05, 0) is 31.0 Å². The van der Waals surface area contributed by atoms with Gasteiger partial charge in [-0.1, -0.05) is 0 Å². The van der Waals surface area contributed by atoms with Crippen LogP contribution < -0.4 is 9.62 Å². The number of fused-ring (bicyclic) bond motifs is 1. The number of nitrogens with one attached hydrogen (secondary N) is 1. The number of hydrogen-bond acceptors (Lipinski definition) is 4. The molecule has 5 nitrogen and oxygen atoms in total. The summed E-state index contributed by atoms with van der Waals surface area (Å²) in [6.45, 7) is 0.300. The fourth-order valence-corrected chi connectivity index (χ4v) is 3.23. The molecule has 1 aromatic carbocycles. The lowest BCUT2D eigenvalue weighted by molar-refractivity contribution is 0.570. The summed E-state index contributed by atoms with van der Waals surface area (Å²) in [4.78, 5) is 2.30. The van der Waals surface area contributed by atoms with E-state index in [1.165, 1.54) is 12.1 Å². The molecule has 88 valence electrons. The van der Waals surface area contributed by atoms with Gasteiger partial charge in [0.15, 0.2) is 0 Å². The number of sulfonamides is 1.